The number of rotatable bonds is 7. The third kappa shape index (κ3) is 5.85. The highest BCUT2D eigenvalue weighted by Gasteiger charge is 2.12. The smallest absolute Gasteiger partial charge is 0.308 e. The van der Waals surface area contributed by atoms with Gasteiger partial charge in [0.1, 0.15) is 29.1 Å². The van der Waals surface area contributed by atoms with Gasteiger partial charge in [-0.2, -0.15) is 0 Å². The van der Waals surface area contributed by atoms with Gasteiger partial charge in [0.2, 0.25) is 0 Å². The summed E-state index contributed by atoms with van der Waals surface area (Å²) in [5, 5.41) is 20.5. The van der Waals surface area contributed by atoms with E-state index in [0.717, 1.165) is 0 Å². The fourth-order valence-electron chi connectivity index (χ4n) is 2.45. The molecule has 0 saturated carbocycles. The number of benzene rings is 2. The Labute approximate surface area is 162 Å². The minimum absolute atomic E-state index is 0.103. The first-order valence-electron chi connectivity index (χ1n) is 8.63. The summed E-state index contributed by atoms with van der Waals surface area (Å²) in [6.07, 6.45) is 1.87. The van der Waals surface area contributed by atoms with E-state index in [1.165, 1.54) is 44.2 Å². The van der Waals surface area contributed by atoms with E-state index in [-0.39, 0.29) is 17.2 Å². The lowest BCUT2D eigenvalue weighted by atomic mass is 10.1. The molecule has 0 saturated heterocycles. The van der Waals surface area contributed by atoms with Gasteiger partial charge in [-0.15, -0.1) is 0 Å². The second-order valence-electron chi connectivity index (χ2n) is 5.84. The molecule has 0 aliphatic heterocycles. The summed E-state index contributed by atoms with van der Waals surface area (Å²) in [4.78, 5) is 22.4. The summed E-state index contributed by atoms with van der Waals surface area (Å²) in [5.74, 6) is -0.249. The number of phenolic OH excluding ortho intramolecular Hbond substituents is 1. The van der Waals surface area contributed by atoms with Gasteiger partial charge in [-0.25, -0.2) is 0 Å². The highest BCUT2D eigenvalue weighted by molar-refractivity contribution is 5.74. The molecule has 0 aliphatic carbocycles. The zero-order valence-corrected chi connectivity index (χ0v) is 15.8. The molecule has 2 aromatic rings. The molecule has 1 unspecified atom stereocenters. The molecule has 0 spiro atoms. The SMILES string of the molecule is CCOc1ccc(C(O)C=Cc2ccc(OC(C)=O)cc2OC(C)=O)c(O)c1. The molecule has 1 atom stereocenters. The molecule has 7 heteroatoms. The maximum absolute atomic E-state index is 11.3. The van der Waals surface area contributed by atoms with E-state index in [4.69, 9.17) is 14.2 Å². The van der Waals surface area contributed by atoms with Crippen LogP contribution in [-0.4, -0.2) is 28.8 Å². The predicted octanol–water partition coefficient (Wildman–Crippen LogP) is 3.39. The van der Waals surface area contributed by atoms with Crippen molar-refractivity contribution in [3.63, 3.8) is 0 Å². The molecule has 2 aromatic carbocycles. The molecular formula is C21H22O7. The van der Waals surface area contributed by atoms with Gasteiger partial charge in [0.05, 0.1) is 6.61 Å². The van der Waals surface area contributed by atoms with Gasteiger partial charge in [-0.1, -0.05) is 12.2 Å². The van der Waals surface area contributed by atoms with Crippen LogP contribution >= 0.6 is 0 Å². The Hall–Kier alpha value is -3.32. The standard InChI is InChI=1S/C21H22O7/c1-4-26-16-8-9-18(20(25)11-16)19(24)10-6-15-5-7-17(27-13(2)22)12-21(15)28-14(3)23/h5-12,19,24-25H,4H2,1-3H3. The molecule has 28 heavy (non-hydrogen) atoms. The fraction of sp³-hybridized carbons (Fsp3) is 0.238. The summed E-state index contributed by atoms with van der Waals surface area (Å²) >= 11 is 0. The number of carbonyl (C=O) groups is 2. The van der Waals surface area contributed by atoms with E-state index >= 15 is 0 Å². The van der Waals surface area contributed by atoms with Gasteiger partial charge in [-0.05, 0) is 31.2 Å². The summed E-state index contributed by atoms with van der Waals surface area (Å²) in [7, 11) is 0. The largest absolute Gasteiger partial charge is 0.507 e. The monoisotopic (exact) mass is 386 g/mol. The Balaban J connectivity index is 2.26. The lowest BCUT2D eigenvalue weighted by molar-refractivity contribution is -0.132. The molecule has 0 fully saturated rings. The second-order valence-corrected chi connectivity index (χ2v) is 5.84. The highest BCUT2D eigenvalue weighted by Crippen LogP contribution is 2.31. The van der Waals surface area contributed by atoms with E-state index in [2.05, 4.69) is 0 Å². The van der Waals surface area contributed by atoms with Crippen LogP contribution in [0.15, 0.2) is 42.5 Å². The highest BCUT2D eigenvalue weighted by atomic mass is 16.5. The maximum Gasteiger partial charge on any atom is 0.308 e. The average molecular weight is 386 g/mol. The Bertz CT molecular complexity index is 886. The van der Waals surface area contributed by atoms with Crippen molar-refractivity contribution in [1.29, 1.82) is 0 Å². The van der Waals surface area contributed by atoms with Crippen LogP contribution in [0.4, 0.5) is 0 Å². The van der Waals surface area contributed by atoms with Crippen LogP contribution in [0.3, 0.4) is 0 Å². The number of esters is 2. The lowest BCUT2D eigenvalue weighted by Gasteiger charge is -2.12. The first-order chi connectivity index (χ1) is 13.3. The van der Waals surface area contributed by atoms with E-state index in [1.807, 2.05) is 6.92 Å². The Morgan fingerprint density at radius 3 is 2.32 bits per heavy atom. The summed E-state index contributed by atoms with van der Waals surface area (Å²) in [6.45, 7) is 4.80. The molecule has 148 valence electrons. The molecule has 0 bridgehead atoms. The average Bonchev–Trinajstić information content (AvgIpc) is 2.60. The fourth-order valence-corrected chi connectivity index (χ4v) is 2.45. The first-order valence-corrected chi connectivity index (χ1v) is 8.63. The molecule has 7 nitrogen and oxygen atoms in total. The molecular weight excluding hydrogens is 364 g/mol. The molecule has 2 rings (SSSR count). The summed E-state index contributed by atoms with van der Waals surface area (Å²) < 4.78 is 15.4. The normalized spacial score (nSPS) is 11.9. The van der Waals surface area contributed by atoms with E-state index < -0.39 is 18.0 Å². The maximum atomic E-state index is 11.3. The van der Waals surface area contributed by atoms with Crippen LogP contribution in [-0.2, 0) is 9.59 Å². The van der Waals surface area contributed by atoms with Crippen LogP contribution in [0.2, 0.25) is 0 Å². The molecule has 0 aromatic heterocycles. The van der Waals surface area contributed by atoms with Crippen LogP contribution in [0.25, 0.3) is 6.08 Å². The van der Waals surface area contributed by atoms with Crippen LogP contribution in [0.5, 0.6) is 23.0 Å². The predicted molar refractivity (Wildman–Crippen MR) is 102 cm³/mol. The van der Waals surface area contributed by atoms with Crippen molar-refractivity contribution in [3.05, 3.63) is 53.6 Å². The molecule has 0 aliphatic rings. The van der Waals surface area contributed by atoms with Crippen LogP contribution in [0, 0.1) is 0 Å². The number of aliphatic hydroxyl groups excluding tert-OH is 1. The van der Waals surface area contributed by atoms with Gasteiger partial charge in [0.25, 0.3) is 0 Å². The van der Waals surface area contributed by atoms with E-state index in [1.54, 1.807) is 18.2 Å². The van der Waals surface area contributed by atoms with Crippen molar-refractivity contribution < 1.29 is 34.0 Å². The Kier molecular flexibility index (Phi) is 7.17. The molecule has 0 heterocycles. The van der Waals surface area contributed by atoms with Crippen LogP contribution in [0.1, 0.15) is 38.0 Å². The van der Waals surface area contributed by atoms with Crippen LogP contribution < -0.4 is 14.2 Å². The van der Waals surface area contributed by atoms with Gasteiger partial charge in [0, 0.05) is 37.1 Å². The number of aliphatic hydroxyl groups is 1. The van der Waals surface area contributed by atoms with Gasteiger partial charge < -0.3 is 24.4 Å². The van der Waals surface area contributed by atoms with Crippen molar-refractivity contribution in [2.75, 3.05) is 6.61 Å². The van der Waals surface area contributed by atoms with Crippen molar-refractivity contribution in [2.45, 2.75) is 26.9 Å². The number of ether oxygens (including phenoxy) is 3. The Morgan fingerprint density at radius 2 is 1.71 bits per heavy atom. The number of hydrogen-bond acceptors (Lipinski definition) is 7. The van der Waals surface area contributed by atoms with Gasteiger partial charge >= 0.3 is 11.9 Å². The number of carbonyl (C=O) groups excluding carboxylic acids is 2. The zero-order chi connectivity index (χ0) is 20.7. The quantitative estimate of drug-likeness (QED) is 0.555. The summed E-state index contributed by atoms with van der Waals surface area (Å²) in [5.41, 5.74) is 0.779. The van der Waals surface area contributed by atoms with Gasteiger partial charge in [0.15, 0.2) is 0 Å². The second kappa shape index (κ2) is 9.57. The third-order valence-electron chi connectivity index (χ3n) is 3.59. The van der Waals surface area contributed by atoms with Crippen molar-refractivity contribution in [2.24, 2.45) is 0 Å². The third-order valence-corrected chi connectivity index (χ3v) is 3.59. The number of hydrogen-bond donors (Lipinski definition) is 2. The van der Waals surface area contributed by atoms with Crippen molar-refractivity contribution in [3.8, 4) is 23.0 Å². The lowest BCUT2D eigenvalue weighted by Crippen LogP contribution is -2.05. The molecule has 2 N–H and O–H groups in total. The van der Waals surface area contributed by atoms with Crippen molar-refractivity contribution >= 4 is 18.0 Å². The minimum Gasteiger partial charge on any atom is -0.507 e. The molecule has 0 radical (unpaired) electrons. The van der Waals surface area contributed by atoms with E-state index in [9.17, 15) is 19.8 Å². The first kappa shape index (κ1) is 21.0. The zero-order valence-electron chi connectivity index (χ0n) is 15.8. The Morgan fingerprint density at radius 1 is 1.04 bits per heavy atom. The number of aromatic hydroxyl groups is 1. The molecule has 0 amide bonds. The van der Waals surface area contributed by atoms with Gasteiger partial charge in [-0.3, -0.25) is 9.59 Å². The number of phenols is 1. The van der Waals surface area contributed by atoms with Crippen molar-refractivity contribution in [1.82, 2.24) is 0 Å². The van der Waals surface area contributed by atoms with E-state index in [0.29, 0.717) is 23.5 Å². The minimum atomic E-state index is -1.10. The summed E-state index contributed by atoms with van der Waals surface area (Å²) in [6, 6.07) is 9.16. The topological polar surface area (TPSA) is 102 Å².